The molecule has 2 rings (SSSR count). The Balaban J connectivity index is 1.98. The SMILES string of the molecule is COc1cc(OC)c(OC)cc1/C=C/C(=O)OCC(=O)N(C)[C@@H](C)c1ccccc1. The number of benzene rings is 2. The van der Waals surface area contributed by atoms with Crippen LogP contribution in [-0.4, -0.2) is 51.8 Å². The van der Waals surface area contributed by atoms with Crippen LogP contribution in [0, 0.1) is 0 Å². The molecule has 0 aliphatic carbocycles. The molecular formula is C23H27NO6. The molecule has 0 saturated heterocycles. The highest BCUT2D eigenvalue weighted by molar-refractivity contribution is 5.90. The molecule has 0 saturated carbocycles. The lowest BCUT2D eigenvalue weighted by Gasteiger charge is -2.25. The summed E-state index contributed by atoms with van der Waals surface area (Å²) in [5.74, 6) is 0.579. The molecule has 0 aliphatic rings. The first-order chi connectivity index (χ1) is 14.4. The molecule has 160 valence electrons. The summed E-state index contributed by atoms with van der Waals surface area (Å²) in [5, 5.41) is 0. The quantitative estimate of drug-likeness (QED) is 0.463. The first-order valence-corrected chi connectivity index (χ1v) is 9.36. The largest absolute Gasteiger partial charge is 0.496 e. The fourth-order valence-electron chi connectivity index (χ4n) is 2.79. The molecule has 0 aromatic heterocycles. The van der Waals surface area contributed by atoms with Crippen molar-refractivity contribution in [1.29, 1.82) is 0 Å². The summed E-state index contributed by atoms with van der Waals surface area (Å²) >= 11 is 0. The van der Waals surface area contributed by atoms with E-state index in [0.717, 1.165) is 5.56 Å². The minimum atomic E-state index is -0.638. The monoisotopic (exact) mass is 413 g/mol. The van der Waals surface area contributed by atoms with Gasteiger partial charge in [0.25, 0.3) is 5.91 Å². The molecule has 2 aromatic carbocycles. The summed E-state index contributed by atoms with van der Waals surface area (Å²) in [6.45, 7) is 1.57. The summed E-state index contributed by atoms with van der Waals surface area (Å²) in [6, 6.07) is 12.8. The predicted octanol–water partition coefficient (Wildman–Crippen LogP) is 3.49. The summed E-state index contributed by atoms with van der Waals surface area (Å²) in [6.07, 6.45) is 2.77. The average molecular weight is 413 g/mol. The highest BCUT2D eigenvalue weighted by Gasteiger charge is 2.18. The van der Waals surface area contributed by atoms with Gasteiger partial charge in [0.05, 0.1) is 27.4 Å². The first-order valence-electron chi connectivity index (χ1n) is 9.36. The van der Waals surface area contributed by atoms with Gasteiger partial charge in [0.15, 0.2) is 18.1 Å². The Hall–Kier alpha value is -3.48. The smallest absolute Gasteiger partial charge is 0.331 e. The van der Waals surface area contributed by atoms with Crippen molar-refractivity contribution >= 4 is 18.0 Å². The number of rotatable bonds is 9. The minimum absolute atomic E-state index is 0.135. The third-order valence-corrected chi connectivity index (χ3v) is 4.73. The van der Waals surface area contributed by atoms with Crippen molar-refractivity contribution in [3.05, 3.63) is 59.7 Å². The summed E-state index contributed by atoms with van der Waals surface area (Å²) < 4.78 is 20.9. The van der Waals surface area contributed by atoms with Gasteiger partial charge < -0.3 is 23.8 Å². The van der Waals surface area contributed by atoms with Crippen LogP contribution in [0.5, 0.6) is 17.2 Å². The summed E-state index contributed by atoms with van der Waals surface area (Å²) in [7, 11) is 6.24. The van der Waals surface area contributed by atoms with Gasteiger partial charge in [-0.2, -0.15) is 0 Å². The first kappa shape index (κ1) is 22.8. The predicted molar refractivity (Wildman–Crippen MR) is 114 cm³/mol. The molecule has 0 unspecified atom stereocenters. The van der Waals surface area contributed by atoms with E-state index in [-0.39, 0.29) is 18.6 Å². The van der Waals surface area contributed by atoms with Gasteiger partial charge in [-0.25, -0.2) is 4.79 Å². The Kier molecular flexibility index (Phi) is 8.29. The van der Waals surface area contributed by atoms with Gasteiger partial charge in [-0.1, -0.05) is 30.3 Å². The lowest BCUT2D eigenvalue weighted by Crippen LogP contribution is -2.33. The number of carbonyl (C=O) groups excluding carboxylic acids is 2. The van der Waals surface area contributed by atoms with Crippen molar-refractivity contribution in [1.82, 2.24) is 4.90 Å². The van der Waals surface area contributed by atoms with E-state index in [1.54, 1.807) is 24.1 Å². The molecule has 7 nitrogen and oxygen atoms in total. The second-order valence-corrected chi connectivity index (χ2v) is 6.48. The van der Waals surface area contributed by atoms with E-state index < -0.39 is 5.97 Å². The molecule has 1 atom stereocenters. The van der Waals surface area contributed by atoms with Gasteiger partial charge in [0.2, 0.25) is 0 Å². The average Bonchev–Trinajstić information content (AvgIpc) is 2.79. The number of amides is 1. The number of methoxy groups -OCH3 is 3. The molecule has 0 bridgehead atoms. The summed E-state index contributed by atoms with van der Waals surface area (Å²) in [5.41, 5.74) is 1.60. The van der Waals surface area contributed by atoms with Gasteiger partial charge in [-0.3, -0.25) is 4.79 Å². The molecular weight excluding hydrogens is 386 g/mol. The normalized spacial score (nSPS) is 11.6. The molecule has 1 amide bonds. The van der Waals surface area contributed by atoms with Crippen LogP contribution in [0.1, 0.15) is 24.1 Å². The van der Waals surface area contributed by atoms with Gasteiger partial charge in [0.1, 0.15) is 5.75 Å². The second-order valence-electron chi connectivity index (χ2n) is 6.48. The zero-order valence-corrected chi connectivity index (χ0v) is 17.9. The summed E-state index contributed by atoms with van der Waals surface area (Å²) in [4.78, 5) is 26.0. The van der Waals surface area contributed by atoms with Crippen LogP contribution < -0.4 is 14.2 Å². The molecule has 0 spiro atoms. The fraction of sp³-hybridized carbons (Fsp3) is 0.304. The van der Waals surface area contributed by atoms with Crippen molar-refractivity contribution in [2.45, 2.75) is 13.0 Å². The van der Waals surface area contributed by atoms with E-state index >= 15 is 0 Å². The van der Waals surface area contributed by atoms with Gasteiger partial charge in [0, 0.05) is 24.8 Å². The van der Waals surface area contributed by atoms with Crippen LogP contribution in [0.3, 0.4) is 0 Å². The van der Waals surface area contributed by atoms with Crippen LogP contribution >= 0.6 is 0 Å². The molecule has 0 fully saturated rings. The second kappa shape index (κ2) is 10.9. The zero-order valence-electron chi connectivity index (χ0n) is 17.9. The van der Waals surface area contributed by atoms with Crippen molar-refractivity contribution in [3.8, 4) is 17.2 Å². The molecule has 0 aliphatic heterocycles. The van der Waals surface area contributed by atoms with Gasteiger partial charge in [-0.15, -0.1) is 0 Å². The number of hydrogen-bond acceptors (Lipinski definition) is 6. The molecule has 0 N–H and O–H groups in total. The van der Waals surface area contributed by atoms with Crippen LogP contribution in [0.4, 0.5) is 0 Å². The van der Waals surface area contributed by atoms with Crippen LogP contribution in [0.25, 0.3) is 6.08 Å². The van der Waals surface area contributed by atoms with E-state index in [2.05, 4.69) is 0 Å². The van der Waals surface area contributed by atoms with Crippen molar-refractivity contribution < 1.29 is 28.5 Å². The number of ether oxygens (including phenoxy) is 4. The number of esters is 1. The maximum absolute atomic E-state index is 12.4. The maximum atomic E-state index is 12.4. The van der Waals surface area contributed by atoms with Crippen molar-refractivity contribution in [2.24, 2.45) is 0 Å². The van der Waals surface area contributed by atoms with Crippen molar-refractivity contribution in [2.75, 3.05) is 35.0 Å². The van der Waals surface area contributed by atoms with Crippen LogP contribution in [0.2, 0.25) is 0 Å². The number of carbonyl (C=O) groups is 2. The Morgan fingerprint density at radius 2 is 1.57 bits per heavy atom. The van der Waals surface area contributed by atoms with E-state index in [1.807, 2.05) is 37.3 Å². The Morgan fingerprint density at radius 1 is 0.967 bits per heavy atom. The van der Waals surface area contributed by atoms with Crippen molar-refractivity contribution in [3.63, 3.8) is 0 Å². The van der Waals surface area contributed by atoms with E-state index in [1.165, 1.54) is 33.5 Å². The molecule has 0 heterocycles. The Bertz CT molecular complexity index is 894. The third-order valence-electron chi connectivity index (χ3n) is 4.73. The lowest BCUT2D eigenvalue weighted by atomic mass is 10.1. The standard InChI is InChI=1S/C23H27NO6/c1-16(17-9-7-6-8-10-17)24(2)22(25)15-30-23(26)12-11-18-13-20(28-4)21(29-5)14-19(18)27-3/h6-14,16H,15H2,1-5H3/b12-11+/t16-/m0/s1. The van der Waals surface area contributed by atoms with Gasteiger partial charge >= 0.3 is 5.97 Å². The molecule has 2 aromatic rings. The topological polar surface area (TPSA) is 74.3 Å². The third kappa shape index (κ3) is 5.76. The van der Waals surface area contributed by atoms with E-state index in [0.29, 0.717) is 22.8 Å². The molecule has 7 heteroatoms. The van der Waals surface area contributed by atoms with E-state index in [9.17, 15) is 9.59 Å². The highest BCUT2D eigenvalue weighted by atomic mass is 16.5. The van der Waals surface area contributed by atoms with Crippen LogP contribution in [-0.2, 0) is 14.3 Å². The highest BCUT2D eigenvalue weighted by Crippen LogP contribution is 2.35. The minimum Gasteiger partial charge on any atom is -0.496 e. The number of likely N-dealkylation sites (N-methyl/N-ethyl adjacent to an activating group) is 1. The Morgan fingerprint density at radius 3 is 2.17 bits per heavy atom. The van der Waals surface area contributed by atoms with Gasteiger partial charge in [-0.05, 0) is 24.6 Å². The lowest BCUT2D eigenvalue weighted by molar-refractivity contribution is -0.148. The maximum Gasteiger partial charge on any atom is 0.331 e. The molecule has 0 radical (unpaired) electrons. The Labute approximate surface area is 176 Å². The molecule has 30 heavy (non-hydrogen) atoms. The number of hydrogen-bond donors (Lipinski definition) is 0. The zero-order chi connectivity index (χ0) is 22.1. The fourth-order valence-corrected chi connectivity index (χ4v) is 2.79. The number of nitrogens with zero attached hydrogens (tertiary/aromatic N) is 1. The van der Waals surface area contributed by atoms with E-state index in [4.69, 9.17) is 18.9 Å². The van der Waals surface area contributed by atoms with Crippen LogP contribution in [0.15, 0.2) is 48.5 Å².